The summed E-state index contributed by atoms with van der Waals surface area (Å²) in [5, 5.41) is 11.0. The maximum absolute atomic E-state index is 3.81. The van der Waals surface area contributed by atoms with Crippen molar-refractivity contribution in [2.45, 2.75) is 0 Å². The number of rotatable bonds is 1. The second kappa shape index (κ2) is 1.73. The summed E-state index contributed by atoms with van der Waals surface area (Å²) in [6, 6.07) is 0. The van der Waals surface area contributed by atoms with E-state index in [0.717, 1.165) is 0 Å². The molecule has 1 aromatic rings. The molecule has 0 aromatic carbocycles. The van der Waals surface area contributed by atoms with Crippen molar-refractivity contribution in [1.82, 2.24) is 20.2 Å². The van der Waals surface area contributed by atoms with E-state index < -0.39 is 0 Å². The summed E-state index contributed by atoms with van der Waals surface area (Å²) in [6.07, 6.45) is 1.55. The molecule has 4 nitrogen and oxygen atoms in total. The average Bonchev–Trinajstić information content (AvgIpc) is 2.14. The summed E-state index contributed by atoms with van der Waals surface area (Å²) in [6.45, 7) is 3.47. The number of nitrogens with zero attached hydrogens (tertiary/aromatic N) is 4. The molecule has 0 spiro atoms. The molecule has 0 aliphatic rings. The van der Waals surface area contributed by atoms with Crippen molar-refractivity contribution < 1.29 is 0 Å². The molecule has 0 aliphatic heterocycles. The Labute approximate surface area is 46.8 Å². The standard InChI is InChI=1S/C4H6N4/c1-3-4-5-7-8(2)6-4/h3H,1H2,2H3. The lowest BCUT2D eigenvalue weighted by Gasteiger charge is -1.74. The molecular formula is C4H6N4. The monoisotopic (exact) mass is 110 g/mol. The number of aromatic nitrogens is 4. The van der Waals surface area contributed by atoms with E-state index >= 15 is 0 Å². The van der Waals surface area contributed by atoms with Gasteiger partial charge in [-0.3, -0.25) is 0 Å². The van der Waals surface area contributed by atoms with E-state index in [1.54, 1.807) is 13.1 Å². The molecular weight excluding hydrogens is 104 g/mol. The number of aryl methyl sites for hydroxylation is 1. The van der Waals surface area contributed by atoms with Gasteiger partial charge >= 0.3 is 0 Å². The van der Waals surface area contributed by atoms with Crippen molar-refractivity contribution in [2.24, 2.45) is 7.05 Å². The summed E-state index contributed by atoms with van der Waals surface area (Å²) in [5.74, 6) is 0.563. The highest BCUT2D eigenvalue weighted by Gasteiger charge is 1.88. The average molecular weight is 110 g/mol. The Hall–Kier alpha value is -1.19. The molecule has 0 N–H and O–H groups in total. The van der Waals surface area contributed by atoms with Crippen molar-refractivity contribution >= 4 is 6.08 Å². The fraction of sp³-hybridized carbons (Fsp3) is 0.250. The van der Waals surface area contributed by atoms with Gasteiger partial charge in [-0.15, -0.1) is 10.2 Å². The lowest BCUT2D eigenvalue weighted by atomic mass is 10.6. The minimum absolute atomic E-state index is 0.563. The molecule has 0 atom stereocenters. The number of hydrogen-bond acceptors (Lipinski definition) is 3. The van der Waals surface area contributed by atoms with Crippen LogP contribution in [0.25, 0.3) is 6.08 Å². The van der Waals surface area contributed by atoms with Gasteiger partial charge in [-0.2, -0.15) is 4.80 Å². The zero-order valence-electron chi connectivity index (χ0n) is 4.57. The largest absolute Gasteiger partial charge is 0.197 e. The van der Waals surface area contributed by atoms with E-state index in [2.05, 4.69) is 22.0 Å². The molecule has 0 radical (unpaired) electrons. The zero-order valence-corrected chi connectivity index (χ0v) is 4.57. The van der Waals surface area contributed by atoms with Gasteiger partial charge in [0.1, 0.15) is 0 Å². The van der Waals surface area contributed by atoms with E-state index in [-0.39, 0.29) is 0 Å². The van der Waals surface area contributed by atoms with Crippen LogP contribution in [0.3, 0.4) is 0 Å². The third kappa shape index (κ3) is 0.726. The Morgan fingerprint density at radius 1 is 1.75 bits per heavy atom. The van der Waals surface area contributed by atoms with Crippen molar-refractivity contribution in [3.63, 3.8) is 0 Å². The van der Waals surface area contributed by atoms with Crippen molar-refractivity contribution in [3.05, 3.63) is 12.4 Å². The normalized spacial score (nSPS) is 9.12. The first kappa shape index (κ1) is 4.96. The highest BCUT2D eigenvalue weighted by atomic mass is 15.6. The second-order valence-electron chi connectivity index (χ2n) is 1.34. The predicted molar refractivity (Wildman–Crippen MR) is 28.9 cm³/mol. The van der Waals surface area contributed by atoms with Gasteiger partial charge in [0.2, 0.25) is 0 Å². The molecule has 1 aromatic heterocycles. The van der Waals surface area contributed by atoms with Crippen LogP contribution in [0.15, 0.2) is 6.58 Å². The SMILES string of the molecule is C=Cc1nnn(C)n1. The summed E-state index contributed by atoms with van der Waals surface area (Å²) in [7, 11) is 1.71. The second-order valence-corrected chi connectivity index (χ2v) is 1.34. The first-order valence-corrected chi connectivity index (χ1v) is 2.19. The topological polar surface area (TPSA) is 43.6 Å². The van der Waals surface area contributed by atoms with Gasteiger partial charge in [0.05, 0.1) is 7.05 Å². The maximum atomic E-state index is 3.81. The van der Waals surface area contributed by atoms with Gasteiger partial charge in [-0.05, 0) is 11.3 Å². The summed E-state index contributed by atoms with van der Waals surface area (Å²) >= 11 is 0. The van der Waals surface area contributed by atoms with Crippen LogP contribution in [0.5, 0.6) is 0 Å². The van der Waals surface area contributed by atoms with Crippen LogP contribution in [0, 0.1) is 0 Å². The van der Waals surface area contributed by atoms with Gasteiger partial charge in [0.15, 0.2) is 5.82 Å². The lowest BCUT2D eigenvalue weighted by molar-refractivity contribution is 0.629. The Bertz CT molecular complexity index is 190. The van der Waals surface area contributed by atoms with Crippen LogP contribution in [-0.4, -0.2) is 20.2 Å². The summed E-state index contributed by atoms with van der Waals surface area (Å²) in [4.78, 5) is 1.39. The maximum Gasteiger partial charge on any atom is 0.197 e. The minimum Gasteiger partial charge on any atom is -0.167 e. The molecule has 42 valence electrons. The van der Waals surface area contributed by atoms with Gasteiger partial charge in [-0.25, -0.2) is 0 Å². The highest BCUT2D eigenvalue weighted by molar-refractivity contribution is 5.33. The molecule has 4 heteroatoms. The fourth-order valence-corrected chi connectivity index (χ4v) is 0.380. The summed E-state index contributed by atoms with van der Waals surface area (Å²) < 4.78 is 0. The molecule has 0 saturated heterocycles. The molecule has 0 bridgehead atoms. The van der Waals surface area contributed by atoms with E-state index in [4.69, 9.17) is 0 Å². The van der Waals surface area contributed by atoms with E-state index in [1.807, 2.05) is 0 Å². The van der Waals surface area contributed by atoms with Crippen LogP contribution in [0.1, 0.15) is 5.82 Å². The first-order chi connectivity index (χ1) is 3.83. The number of tetrazole rings is 1. The van der Waals surface area contributed by atoms with Crippen molar-refractivity contribution in [2.75, 3.05) is 0 Å². The first-order valence-electron chi connectivity index (χ1n) is 2.19. The molecule has 0 aliphatic carbocycles. The van der Waals surface area contributed by atoms with Crippen LogP contribution in [0.2, 0.25) is 0 Å². The molecule has 8 heavy (non-hydrogen) atoms. The highest BCUT2D eigenvalue weighted by Crippen LogP contribution is 1.82. The van der Waals surface area contributed by atoms with Gasteiger partial charge in [0, 0.05) is 0 Å². The Morgan fingerprint density at radius 3 is 2.75 bits per heavy atom. The fourth-order valence-electron chi connectivity index (χ4n) is 0.380. The van der Waals surface area contributed by atoms with Crippen LogP contribution < -0.4 is 0 Å². The van der Waals surface area contributed by atoms with E-state index in [9.17, 15) is 0 Å². The Morgan fingerprint density at radius 2 is 2.50 bits per heavy atom. The van der Waals surface area contributed by atoms with Crippen LogP contribution in [0.4, 0.5) is 0 Å². The van der Waals surface area contributed by atoms with Gasteiger partial charge in [0.25, 0.3) is 0 Å². The third-order valence-corrected chi connectivity index (χ3v) is 0.706. The molecule has 0 amide bonds. The molecule has 1 rings (SSSR count). The van der Waals surface area contributed by atoms with Crippen molar-refractivity contribution in [1.29, 1.82) is 0 Å². The minimum atomic E-state index is 0.563. The van der Waals surface area contributed by atoms with Crippen LogP contribution in [-0.2, 0) is 7.05 Å². The van der Waals surface area contributed by atoms with Crippen LogP contribution >= 0.6 is 0 Å². The predicted octanol–water partition coefficient (Wildman–Crippen LogP) is -0.147. The smallest absolute Gasteiger partial charge is 0.167 e. The molecule has 1 heterocycles. The third-order valence-electron chi connectivity index (χ3n) is 0.706. The molecule has 0 unspecified atom stereocenters. The van der Waals surface area contributed by atoms with Gasteiger partial charge < -0.3 is 0 Å². The molecule has 0 saturated carbocycles. The Balaban J connectivity index is 3.00. The van der Waals surface area contributed by atoms with Gasteiger partial charge in [-0.1, -0.05) is 6.58 Å². The van der Waals surface area contributed by atoms with Crippen molar-refractivity contribution in [3.8, 4) is 0 Å². The quantitative estimate of drug-likeness (QED) is 0.505. The molecule has 0 fully saturated rings. The van der Waals surface area contributed by atoms with E-state index in [1.165, 1.54) is 4.80 Å². The summed E-state index contributed by atoms with van der Waals surface area (Å²) in [5.41, 5.74) is 0. The number of hydrogen-bond donors (Lipinski definition) is 0. The zero-order chi connectivity index (χ0) is 5.98. The lowest BCUT2D eigenvalue weighted by Crippen LogP contribution is -1.91. The van der Waals surface area contributed by atoms with E-state index in [0.29, 0.717) is 5.82 Å². The Kier molecular flexibility index (Phi) is 1.07.